The van der Waals surface area contributed by atoms with Gasteiger partial charge in [0, 0.05) is 13.7 Å². The lowest BCUT2D eigenvalue weighted by atomic mass is 9.99. The minimum Gasteiger partial charge on any atom is -0.408 e. The monoisotopic (exact) mass is 481 g/mol. The van der Waals surface area contributed by atoms with Crippen molar-refractivity contribution in [2.75, 3.05) is 20.3 Å². The van der Waals surface area contributed by atoms with Crippen molar-refractivity contribution in [1.82, 2.24) is 5.32 Å². The second-order valence-electron chi connectivity index (χ2n) is 10.6. The Labute approximate surface area is 202 Å². The van der Waals surface area contributed by atoms with Crippen LogP contribution in [-0.4, -0.2) is 63.9 Å². The van der Waals surface area contributed by atoms with Crippen molar-refractivity contribution in [2.45, 2.75) is 109 Å². The zero-order valence-corrected chi connectivity index (χ0v) is 23.1. The minimum absolute atomic E-state index is 0.111. The van der Waals surface area contributed by atoms with Gasteiger partial charge in [-0.3, -0.25) is 0 Å². The molecule has 1 aliphatic rings. The van der Waals surface area contributed by atoms with Crippen molar-refractivity contribution < 1.29 is 23.7 Å². The van der Waals surface area contributed by atoms with Gasteiger partial charge in [-0.2, -0.15) is 0 Å². The molecule has 1 aliphatic heterocycles. The van der Waals surface area contributed by atoms with E-state index in [2.05, 4.69) is 59.0 Å². The lowest BCUT2D eigenvalue weighted by molar-refractivity contribution is -0.151. The third-order valence-corrected chi connectivity index (χ3v) is 13.2. The quantitative estimate of drug-likeness (QED) is 0.392. The summed E-state index contributed by atoms with van der Waals surface area (Å²) in [5.41, 5.74) is 2.40. The maximum atomic E-state index is 10.5. The van der Waals surface area contributed by atoms with Gasteiger partial charge in [-0.15, -0.1) is 0 Å². The van der Waals surface area contributed by atoms with Gasteiger partial charge < -0.3 is 29.1 Å². The molecule has 0 aromatic heterocycles. The maximum Gasteiger partial charge on any atom is 0.201 e. The number of aliphatic hydroxyl groups is 1. The zero-order valence-electron chi connectivity index (χ0n) is 22.1. The number of hydrogen-bond acceptors (Lipinski definition) is 6. The average molecular weight is 482 g/mol. The van der Waals surface area contributed by atoms with Crippen molar-refractivity contribution in [3.63, 3.8) is 0 Å². The molecule has 0 amide bonds. The summed E-state index contributed by atoms with van der Waals surface area (Å²) < 4.78 is 25.2. The highest BCUT2D eigenvalue weighted by molar-refractivity contribution is 6.77. The molecule has 2 N–H and O–H groups in total. The first kappa shape index (κ1) is 28.4. The molecule has 0 spiro atoms. The molecule has 0 saturated carbocycles. The van der Waals surface area contributed by atoms with E-state index < -0.39 is 26.3 Å². The molecule has 190 valence electrons. The van der Waals surface area contributed by atoms with Crippen LogP contribution in [0.15, 0.2) is 30.3 Å². The van der Waals surface area contributed by atoms with Crippen LogP contribution in [0.4, 0.5) is 0 Å². The fourth-order valence-corrected chi connectivity index (χ4v) is 11.1. The van der Waals surface area contributed by atoms with E-state index >= 15 is 0 Å². The number of ether oxygens (including phenoxy) is 3. The van der Waals surface area contributed by atoms with Crippen LogP contribution in [-0.2, 0) is 25.2 Å². The van der Waals surface area contributed by atoms with Gasteiger partial charge in [0.05, 0.1) is 25.4 Å². The van der Waals surface area contributed by atoms with Crippen LogP contribution < -0.4 is 5.32 Å². The van der Waals surface area contributed by atoms with Crippen molar-refractivity contribution in [3.8, 4) is 0 Å². The first-order valence-corrected chi connectivity index (χ1v) is 14.5. The van der Waals surface area contributed by atoms with Crippen molar-refractivity contribution >= 4 is 8.32 Å². The predicted octanol–water partition coefficient (Wildman–Crippen LogP) is 4.86. The summed E-state index contributed by atoms with van der Waals surface area (Å²) >= 11 is 0. The van der Waals surface area contributed by atoms with Crippen LogP contribution in [0.3, 0.4) is 0 Å². The average Bonchev–Trinajstić information content (AvgIpc) is 3.12. The molecule has 0 radical (unpaired) electrons. The molecule has 1 aromatic carbocycles. The molecule has 1 heterocycles. The lowest BCUT2D eigenvalue weighted by Crippen LogP contribution is -2.60. The lowest BCUT2D eigenvalue weighted by Gasteiger charge is -2.47. The van der Waals surface area contributed by atoms with Crippen molar-refractivity contribution in [2.24, 2.45) is 0 Å². The molecule has 1 aromatic rings. The van der Waals surface area contributed by atoms with Gasteiger partial charge in [-0.25, -0.2) is 0 Å². The van der Waals surface area contributed by atoms with Crippen LogP contribution >= 0.6 is 0 Å². The fourth-order valence-electron chi connectivity index (χ4n) is 5.59. The molecule has 7 heteroatoms. The molecule has 0 bridgehead atoms. The van der Waals surface area contributed by atoms with Gasteiger partial charge in [-0.1, -0.05) is 71.9 Å². The van der Waals surface area contributed by atoms with E-state index in [0.717, 1.165) is 0 Å². The molecule has 33 heavy (non-hydrogen) atoms. The standard InChI is InChI=1S/C26H47NO5Si/c1-18(2)33(19(3)4,20(5)6)32-22(16-28)25(29-9)24(23-17-30-26(7,8)31-23)27-15-21-13-11-10-12-14-21/h10-14,18-20,22-25,27-28H,15-17H2,1-9H3/t22-,23+,24+,25+/m0/s1. The Hall–Kier alpha value is -0.803. The van der Waals surface area contributed by atoms with Crippen molar-refractivity contribution in [3.05, 3.63) is 35.9 Å². The van der Waals surface area contributed by atoms with Gasteiger partial charge in [-0.05, 0) is 36.0 Å². The summed E-state index contributed by atoms with van der Waals surface area (Å²) in [6.07, 6.45) is -1.08. The van der Waals surface area contributed by atoms with E-state index in [4.69, 9.17) is 18.6 Å². The fraction of sp³-hybridized carbons (Fsp3) is 0.769. The number of methoxy groups -OCH3 is 1. The second kappa shape index (κ2) is 12.2. The first-order chi connectivity index (χ1) is 15.5. The molecular weight excluding hydrogens is 434 g/mol. The number of nitrogens with one attached hydrogen (secondary N) is 1. The molecular formula is C26H47NO5Si. The SMILES string of the molecule is CO[C@@H]([C@H](NCc1ccccc1)[C@H]1COC(C)(C)O1)[C@H](CO)O[Si](C(C)C)(C(C)C)C(C)C. The van der Waals surface area contributed by atoms with Gasteiger partial charge >= 0.3 is 0 Å². The Morgan fingerprint density at radius 2 is 1.64 bits per heavy atom. The third kappa shape index (κ3) is 6.87. The maximum absolute atomic E-state index is 10.5. The van der Waals surface area contributed by atoms with Crippen LogP contribution in [0.2, 0.25) is 16.6 Å². The van der Waals surface area contributed by atoms with Gasteiger partial charge in [0.1, 0.15) is 12.2 Å². The number of benzene rings is 1. The summed E-state index contributed by atoms with van der Waals surface area (Å²) in [6.45, 7) is 18.4. The summed E-state index contributed by atoms with van der Waals surface area (Å²) in [5.74, 6) is -0.655. The van der Waals surface area contributed by atoms with Gasteiger partial charge in [0.25, 0.3) is 0 Å². The Morgan fingerprint density at radius 1 is 1.06 bits per heavy atom. The van der Waals surface area contributed by atoms with Gasteiger partial charge in [0.15, 0.2) is 5.79 Å². The Morgan fingerprint density at radius 3 is 2.06 bits per heavy atom. The Balaban J connectivity index is 2.35. The number of hydrogen-bond donors (Lipinski definition) is 2. The Bertz CT molecular complexity index is 675. The zero-order chi connectivity index (χ0) is 24.8. The molecule has 0 aliphatic carbocycles. The molecule has 1 saturated heterocycles. The molecule has 6 nitrogen and oxygen atoms in total. The van der Waals surface area contributed by atoms with Crippen molar-refractivity contribution in [1.29, 1.82) is 0 Å². The van der Waals surface area contributed by atoms with Crippen LogP contribution in [0.5, 0.6) is 0 Å². The van der Waals surface area contributed by atoms with E-state index in [0.29, 0.717) is 29.8 Å². The normalized spacial score (nSPS) is 21.7. The number of aliphatic hydroxyl groups excluding tert-OH is 1. The van der Waals surface area contributed by atoms with E-state index in [1.165, 1.54) is 5.56 Å². The van der Waals surface area contributed by atoms with Crippen LogP contribution in [0.1, 0.15) is 61.0 Å². The summed E-state index contributed by atoms with van der Waals surface area (Å²) in [4.78, 5) is 0. The summed E-state index contributed by atoms with van der Waals surface area (Å²) in [6, 6.07) is 10.1. The highest BCUT2D eigenvalue weighted by Gasteiger charge is 2.50. The van der Waals surface area contributed by atoms with Gasteiger partial charge in [0.2, 0.25) is 8.32 Å². The van der Waals surface area contributed by atoms with Crippen LogP contribution in [0, 0.1) is 0 Å². The predicted molar refractivity (Wildman–Crippen MR) is 136 cm³/mol. The summed E-state index contributed by atoms with van der Waals surface area (Å²) in [7, 11) is -0.538. The first-order valence-electron chi connectivity index (χ1n) is 12.4. The highest BCUT2D eigenvalue weighted by atomic mass is 28.4. The highest BCUT2D eigenvalue weighted by Crippen LogP contribution is 2.43. The van der Waals surface area contributed by atoms with Crippen LogP contribution in [0.25, 0.3) is 0 Å². The molecule has 2 rings (SSSR count). The van der Waals surface area contributed by atoms with E-state index in [-0.39, 0.29) is 18.8 Å². The largest absolute Gasteiger partial charge is 0.408 e. The number of rotatable bonds is 13. The smallest absolute Gasteiger partial charge is 0.201 e. The van der Waals surface area contributed by atoms with E-state index in [1.54, 1.807) is 7.11 Å². The molecule has 1 fully saturated rings. The molecule has 4 atom stereocenters. The topological polar surface area (TPSA) is 69.2 Å². The third-order valence-electron chi connectivity index (χ3n) is 7.05. The van der Waals surface area contributed by atoms with E-state index in [1.807, 2.05) is 32.0 Å². The van der Waals surface area contributed by atoms with E-state index in [9.17, 15) is 5.11 Å². The minimum atomic E-state index is -2.23. The Kier molecular flexibility index (Phi) is 10.6. The summed E-state index contributed by atoms with van der Waals surface area (Å²) in [5, 5.41) is 14.2. The molecule has 0 unspecified atom stereocenters. The second-order valence-corrected chi connectivity index (χ2v) is 16.0.